The monoisotopic (exact) mass is 346 g/mol. The first-order chi connectivity index (χ1) is 9.82. The predicted octanol–water partition coefficient (Wildman–Crippen LogP) is 2.68. The first-order valence-corrected chi connectivity index (χ1v) is 8.84. The third-order valence-electron chi connectivity index (χ3n) is 2.73. The van der Waals surface area contributed by atoms with Gasteiger partial charge in [-0.15, -0.1) is 0 Å². The summed E-state index contributed by atoms with van der Waals surface area (Å²) < 4.78 is 27.1. The topological polar surface area (TPSA) is 70.5 Å². The van der Waals surface area contributed by atoms with E-state index in [4.69, 9.17) is 11.6 Å². The standard InChI is InChI=1S/C13H15ClN2O3S2/c1-9(17)8-16(11-6-4-3-5-7-11)21(18,19)12-10(2)15-13(14)20-12/h3-7,9,17H,8H2,1-2H3/t9-/m0/s1. The number of thiazole rings is 1. The summed E-state index contributed by atoms with van der Waals surface area (Å²) in [5.74, 6) is 0. The van der Waals surface area contributed by atoms with Gasteiger partial charge in [0.15, 0.2) is 8.68 Å². The predicted molar refractivity (Wildman–Crippen MR) is 84.5 cm³/mol. The van der Waals surface area contributed by atoms with Crippen molar-refractivity contribution in [1.29, 1.82) is 0 Å². The number of sulfonamides is 1. The van der Waals surface area contributed by atoms with Crippen LogP contribution in [0.25, 0.3) is 0 Å². The molecule has 0 unspecified atom stereocenters. The van der Waals surface area contributed by atoms with Gasteiger partial charge in [-0.1, -0.05) is 41.1 Å². The van der Waals surface area contributed by atoms with E-state index in [9.17, 15) is 13.5 Å². The van der Waals surface area contributed by atoms with Gasteiger partial charge in [0, 0.05) is 0 Å². The minimum Gasteiger partial charge on any atom is -0.392 e. The fourth-order valence-electron chi connectivity index (χ4n) is 1.87. The van der Waals surface area contributed by atoms with Crippen molar-refractivity contribution in [3.05, 3.63) is 40.5 Å². The molecule has 0 amide bonds. The van der Waals surface area contributed by atoms with Gasteiger partial charge in [0.05, 0.1) is 24.0 Å². The molecule has 0 spiro atoms. The Kier molecular flexibility index (Phi) is 4.88. The van der Waals surface area contributed by atoms with Crippen LogP contribution in [0.2, 0.25) is 4.47 Å². The maximum Gasteiger partial charge on any atom is 0.275 e. The molecule has 1 atom stereocenters. The molecule has 0 fully saturated rings. The fourth-order valence-corrected chi connectivity index (χ4v) is 5.25. The van der Waals surface area contributed by atoms with Crippen LogP contribution in [0.15, 0.2) is 34.5 Å². The van der Waals surface area contributed by atoms with Gasteiger partial charge in [0.1, 0.15) is 0 Å². The van der Waals surface area contributed by atoms with Crippen LogP contribution in [0, 0.1) is 6.92 Å². The number of para-hydroxylation sites is 1. The first kappa shape index (κ1) is 16.2. The fraction of sp³-hybridized carbons (Fsp3) is 0.308. The molecule has 2 aromatic rings. The molecular weight excluding hydrogens is 332 g/mol. The zero-order valence-corrected chi connectivity index (χ0v) is 13.9. The maximum absolute atomic E-state index is 12.8. The highest BCUT2D eigenvalue weighted by Crippen LogP contribution is 2.32. The van der Waals surface area contributed by atoms with Gasteiger partial charge in [-0.05, 0) is 26.0 Å². The van der Waals surface area contributed by atoms with Gasteiger partial charge in [-0.25, -0.2) is 13.4 Å². The van der Waals surface area contributed by atoms with Crippen molar-refractivity contribution >= 4 is 38.6 Å². The quantitative estimate of drug-likeness (QED) is 0.903. The van der Waals surface area contributed by atoms with Crippen LogP contribution in [0.1, 0.15) is 12.6 Å². The van der Waals surface area contributed by atoms with Crippen molar-refractivity contribution in [2.75, 3.05) is 10.8 Å². The van der Waals surface area contributed by atoms with Crippen molar-refractivity contribution in [1.82, 2.24) is 4.98 Å². The van der Waals surface area contributed by atoms with Crippen LogP contribution >= 0.6 is 22.9 Å². The second kappa shape index (κ2) is 6.31. The van der Waals surface area contributed by atoms with Gasteiger partial charge in [0.25, 0.3) is 10.0 Å². The van der Waals surface area contributed by atoms with Crippen molar-refractivity contribution in [3.63, 3.8) is 0 Å². The molecule has 0 bridgehead atoms. The highest BCUT2D eigenvalue weighted by molar-refractivity contribution is 7.94. The Morgan fingerprint density at radius 2 is 2.00 bits per heavy atom. The smallest absolute Gasteiger partial charge is 0.275 e. The number of hydrogen-bond acceptors (Lipinski definition) is 5. The minimum absolute atomic E-state index is 0.0404. The average Bonchev–Trinajstić information content (AvgIpc) is 2.76. The number of nitrogens with zero attached hydrogens (tertiary/aromatic N) is 2. The molecule has 0 aliphatic carbocycles. The van der Waals surface area contributed by atoms with E-state index in [0.717, 1.165) is 11.3 Å². The van der Waals surface area contributed by atoms with E-state index in [0.29, 0.717) is 11.4 Å². The SMILES string of the molecule is Cc1nc(Cl)sc1S(=O)(=O)N(C[C@H](C)O)c1ccccc1. The van der Waals surface area contributed by atoms with Crippen LogP contribution in [-0.4, -0.2) is 31.2 Å². The summed E-state index contributed by atoms with van der Waals surface area (Å²) in [7, 11) is -3.81. The van der Waals surface area contributed by atoms with E-state index >= 15 is 0 Å². The summed E-state index contributed by atoms with van der Waals surface area (Å²) in [6.45, 7) is 3.10. The Bertz CT molecular complexity index is 714. The van der Waals surface area contributed by atoms with Gasteiger partial charge in [-0.2, -0.15) is 0 Å². The molecule has 0 radical (unpaired) electrons. The molecule has 5 nitrogen and oxygen atoms in total. The van der Waals surface area contributed by atoms with Crippen molar-refractivity contribution in [3.8, 4) is 0 Å². The molecule has 0 saturated heterocycles. The van der Waals surface area contributed by atoms with Crippen LogP contribution in [-0.2, 0) is 10.0 Å². The van der Waals surface area contributed by atoms with Gasteiger partial charge >= 0.3 is 0 Å². The zero-order chi connectivity index (χ0) is 15.6. The van der Waals surface area contributed by atoms with Gasteiger partial charge in [0.2, 0.25) is 0 Å². The number of anilines is 1. The Labute approximate surface area is 132 Å². The lowest BCUT2D eigenvalue weighted by Crippen LogP contribution is -2.36. The molecule has 1 heterocycles. The second-order valence-corrected chi connectivity index (χ2v) is 8.20. The van der Waals surface area contributed by atoms with Crippen LogP contribution in [0.3, 0.4) is 0 Å². The summed E-state index contributed by atoms with van der Waals surface area (Å²) in [6.07, 6.45) is -0.802. The third kappa shape index (κ3) is 3.55. The lowest BCUT2D eigenvalue weighted by molar-refractivity contribution is 0.204. The molecule has 1 aromatic carbocycles. The number of aryl methyl sites for hydroxylation is 1. The van der Waals surface area contributed by atoms with E-state index in [1.165, 1.54) is 11.2 Å². The molecular formula is C13H15ClN2O3S2. The normalized spacial score (nSPS) is 13.1. The highest BCUT2D eigenvalue weighted by atomic mass is 35.5. The highest BCUT2D eigenvalue weighted by Gasteiger charge is 2.30. The minimum atomic E-state index is -3.81. The maximum atomic E-state index is 12.8. The Morgan fingerprint density at radius 3 is 2.48 bits per heavy atom. The molecule has 0 aliphatic rings. The van der Waals surface area contributed by atoms with E-state index in [2.05, 4.69) is 4.98 Å². The average molecular weight is 347 g/mol. The molecule has 0 aliphatic heterocycles. The second-order valence-electron chi connectivity index (χ2n) is 4.56. The summed E-state index contributed by atoms with van der Waals surface area (Å²) in [5.41, 5.74) is 0.846. The van der Waals surface area contributed by atoms with Crippen molar-refractivity contribution in [2.24, 2.45) is 0 Å². The Balaban J connectivity index is 2.52. The summed E-state index contributed by atoms with van der Waals surface area (Å²) in [6, 6.07) is 8.64. The van der Waals surface area contributed by atoms with Gasteiger partial charge in [-0.3, -0.25) is 4.31 Å². The number of aromatic nitrogens is 1. The van der Waals surface area contributed by atoms with E-state index < -0.39 is 16.1 Å². The van der Waals surface area contributed by atoms with E-state index in [1.54, 1.807) is 37.3 Å². The summed E-state index contributed by atoms with van der Waals surface area (Å²) in [4.78, 5) is 3.95. The first-order valence-electron chi connectivity index (χ1n) is 6.21. The molecule has 2 rings (SSSR count). The van der Waals surface area contributed by atoms with Crippen LogP contribution in [0.4, 0.5) is 5.69 Å². The number of hydrogen-bond donors (Lipinski definition) is 1. The number of aliphatic hydroxyl groups is 1. The molecule has 21 heavy (non-hydrogen) atoms. The van der Waals surface area contributed by atoms with Gasteiger partial charge < -0.3 is 5.11 Å². The number of rotatable bonds is 5. The lowest BCUT2D eigenvalue weighted by Gasteiger charge is -2.25. The molecule has 1 aromatic heterocycles. The lowest BCUT2D eigenvalue weighted by atomic mass is 10.3. The zero-order valence-electron chi connectivity index (χ0n) is 11.5. The number of halogens is 1. The molecule has 0 saturated carbocycles. The molecule has 114 valence electrons. The van der Waals surface area contributed by atoms with Crippen LogP contribution < -0.4 is 4.31 Å². The van der Waals surface area contributed by atoms with Crippen molar-refractivity contribution < 1.29 is 13.5 Å². The van der Waals surface area contributed by atoms with Crippen molar-refractivity contribution in [2.45, 2.75) is 24.2 Å². The van der Waals surface area contributed by atoms with E-state index in [1.807, 2.05) is 0 Å². The summed E-state index contributed by atoms with van der Waals surface area (Å²) >= 11 is 6.72. The van der Waals surface area contributed by atoms with E-state index in [-0.39, 0.29) is 15.2 Å². The van der Waals surface area contributed by atoms with Crippen LogP contribution in [0.5, 0.6) is 0 Å². The Morgan fingerprint density at radius 1 is 1.38 bits per heavy atom. The number of aliphatic hydroxyl groups excluding tert-OH is 1. The largest absolute Gasteiger partial charge is 0.392 e. The molecule has 1 N–H and O–H groups in total. The third-order valence-corrected chi connectivity index (χ3v) is 6.37. The summed E-state index contributed by atoms with van der Waals surface area (Å²) in [5, 5.41) is 9.62. The number of benzene rings is 1. The Hall–Kier alpha value is -1.15. The molecule has 8 heteroatoms.